The molecule has 1 aromatic heterocycles. The van der Waals surface area contributed by atoms with Gasteiger partial charge in [-0.1, -0.05) is 18.2 Å². The number of alkyl halides is 3. The van der Waals surface area contributed by atoms with E-state index in [-0.39, 0.29) is 17.9 Å². The molecule has 13 heteroatoms. The van der Waals surface area contributed by atoms with Crippen molar-refractivity contribution in [3.8, 4) is 11.5 Å². The smallest absolute Gasteiger partial charge is 0.393 e. The Bertz CT molecular complexity index is 1380. The van der Waals surface area contributed by atoms with E-state index in [1.807, 2.05) is 18.2 Å². The van der Waals surface area contributed by atoms with Crippen LogP contribution in [0.5, 0.6) is 11.5 Å². The van der Waals surface area contributed by atoms with Crippen LogP contribution >= 0.6 is 11.3 Å². The average Bonchev–Trinajstić information content (AvgIpc) is 3.59. The van der Waals surface area contributed by atoms with E-state index in [9.17, 15) is 27.6 Å². The van der Waals surface area contributed by atoms with Crippen molar-refractivity contribution in [2.45, 2.75) is 25.2 Å². The van der Waals surface area contributed by atoms with E-state index in [0.29, 0.717) is 21.9 Å². The first-order chi connectivity index (χ1) is 19.0. The number of amides is 3. The summed E-state index contributed by atoms with van der Waals surface area (Å²) in [6, 6.07) is 15.4. The second-order valence-electron chi connectivity index (χ2n) is 9.09. The van der Waals surface area contributed by atoms with Crippen molar-refractivity contribution in [2.24, 2.45) is 11.7 Å². The van der Waals surface area contributed by atoms with Gasteiger partial charge >= 0.3 is 6.18 Å². The van der Waals surface area contributed by atoms with Crippen molar-refractivity contribution in [1.29, 1.82) is 5.41 Å². The number of carbonyl (C=O) groups excluding carboxylic acids is 3. The summed E-state index contributed by atoms with van der Waals surface area (Å²) in [4.78, 5) is 39.8. The zero-order valence-electron chi connectivity index (χ0n) is 21.0. The second kappa shape index (κ2) is 12.2. The van der Waals surface area contributed by atoms with Gasteiger partial charge in [0.2, 0.25) is 11.8 Å². The number of nitrogens with zero attached hydrogens (tertiary/aromatic N) is 1. The van der Waals surface area contributed by atoms with Crippen LogP contribution in [0, 0.1) is 11.3 Å². The Labute approximate surface area is 231 Å². The van der Waals surface area contributed by atoms with Gasteiger partial charge in [-0.25, -0.2) is 0 Å². The van der Waals surface area contributed by atoms with Crippen LogP contribution in [-0.4, -0.2) is 53.8 Å². The van der Waals surface area contributed by atoms with Crippen molar-refractivity contribution in [1.82, 2.24) is 15.5 Å². The summed E-state index contributed by atoms with van der Waals surface area (Å²) in [5, 5.41) is 14.0. The largest absolute Gasteiger partial charge is 0.457 e. The first kappa shape index (κ1) is 28.6. The third-order valence-electron chi connectivity index (χ3n) is 6.28. The molecular formula is C27H26F3N5O4S. The van der Waals surface area contributed by atoms with Gasteiger partial charge in [0, 0.05) is 27.9 Å². The zero-order chi connectivity index (χ0) is 28.9. The number of hydrogen-bond acceptors (Lipinski definition) is 6. The Balaban J connectivity index is 1.35. The fourth-order valence-electron chi connectivity index (χ4n) is 4.16. The molecule has 2 heterocycles. The van der Waals surface area contributed by atoms with E-state index in [2.05, 4.69) is 10.6 Å². The third kappa shape index (κ3) is 7.17. The minimum atomic E-state index is -4.59. The van der Waals surface area contributed by atoms with Gasteiger partial charge in [0.25, 0.3) is 5.91 Å². The Morgan fingerprint density at radius 2 is 1.70 bits per heavy atom. The Morgan fingerprint density at radius 1 is 1.02 bits per heavy atom. The van der Waals surface area contributed by atoms with E-state index < -0.39 is 55.4 Å². The molecule has 4 rings (SSSR count). The van der Waals surface area contributed by atoms with E-state index in [1.165, 1.54) is 23.5 Å². The average molecular weight is 574 g/mol. The lowest BCUT2D eigenvalue weighted by Crippen LogP contribution is -2.48. The summed E-state index contributed by atoms with van der Waals surface area (Å²) >= 11 is 1.23. The maximum absolute atomic E-state index is 13.5. The molecule has 1 aliphatic rings. The molecule has 2 aromatic carbocycles. The standard InChI is InChI=1S/C27H26F3N5O4S/c28-27(29,30)18-11-22(26(38)33-12-21-10-17(15-40-21)24(31)32)35(14-18)23(36)13-34-25(37)16-6-8-20(9-7-16)39-19-4-2-1-3-5-19/h1-10,15,18,22H,11-14H2,(H3,31,32)(H,33,38)(H,34,37)/t18-,22+/m1/s1. The summed E-state index contributed by atoms with van der Waals surface area (Å²) in [5.41, 5.74) is 6.12. The van der Waals surface area contributed by atoms with Gasteiger partial charge in [-0.3, -0.25) is 19.8 Å². The van der Waals surface area contributed by atoms with E-state index in [1.54, 1.807) is 35.7 Å². The number of halogens is 3. The zero-order valence-corrected chi connectivity index (χ0v) is 21.9. The molecule has 3 aromatic rings. The molecule has 40 heavy (non-hydrogen) atoms. The number of hydrogen-bond donors (Lipinski definition) is 4. The summed E-state index contributed by atoms with van der Waals surface area (Å²) in [6.45, 7) is -1.26. The first-order valence-electron chi connectivity index (χ1n) is 12.2. The fourth-order valence-corrected chi connectivity index (χ4v) is 4.99. The molecule has 0 saturated carbocycles. The van der Waals surface area contributed by atoms with Gasteiger partial charge in [-0.15, -0.1) is 11.3 Å². The molecular weight excluding hydrogens is 547 g/mol. The lowest BCUT2D eigenvalue weighted by Gasteiger charge is -2.24. The van der Waals surface area contributed by atoms with Crippen LogP contribution in [0.1, 0.15) is 27.2 Å². The molecule has 1 aliphatic heterocycles. The van der Waals surface area contributed by atoms with Gasteiger partial charge in [-0.05, 0) is 48.9 Å². The van der Waals surface area contributed by atoms with Crippen LogP contribution in [0.15, 0.2) is 66.0 Å². The number of likely N-dealkylation sites (tertiary alicyclic amines) is 1. The Hall–Kier alpha value is -4.39. The highest BCUT2D eigenvalue weighted by Crippen LogP contribution is 2.36. The minimum Gasteiger partial charge on any atom is -0.457 e. The highest BCUT2D eigenvalue weighted by molar-refractivity contribution is 7.10. The molecule has 5 N–H and O–H groups in total. The quantitative estimate of drug-likeness (QED) is 0.229. The number of benzene rings is 2. The molecule has 0 spiro atoms. The minimum absolute atomic E-state index is 0.00666. The van der Waals surface area contributed by atoms with Crippen LogP contribution in [0.3, 0.4) is 0 Å². The van der Waals surface area contributed by atoms with Crippen molar-refractivity contribution in [3.63, 3.8) is 0 Å². The molecule has 2 atom stereocenters. The van der Waals surface area contributed by atoms with Gasteiger partial charge in [0.1, 0.15) is 23.4 Å². The molecule has 0 bridgehead atoms. The van der Waals surface area contributed by atoms with Gasteiger partial charge in [-0.2, -0.15) is 13.2 Å². The predicted molar refractivity (Wildman–Crippen MR) is 142 cm³/mol. The number of nitrogen functional groups attached to an aromatic ring is 1. The molecule has 210 valence electrons. The number of amidine groups is 1. The van der Waals surface area contributed by atoms with Crippen LogP contribution in [0.4, 0.5) is 13.2 Å². The van der Waals surface area contributed by atoms with Crippen LogP contribution in [0.2, 0.25) is 0 Å². The molecule has 3 amide bonds. The van der Waals surface area contributed by atoms with Crippen molar-refractivity contribution >= 4 is 34.9 Å². The first-order valence-corrected chi connectivity index (χ1v) is 13.1. The van der Waals surface area contributed by atoms with Crippen molar-refractivity contribution in [3.05, 3.63) is 82.0 Å². The summed E-state index contributed by atoms with van der Waals surface area (Å²) in [6.07, 6.45) is -5.18. The van der Waals surface area contributed by atoms with Gasteiger partial charge in [0.05, 0.1) is 19.0 Å². The number of para-hydroxylation sites is 1. The molecule has 1 saturated heterocycles. The van der Waals surface area contributed by atoms with Crippen molar-refractivity contribution in [2.75, 3.05) is 13.1 Å². The number of ether oxygens (including phenoxy) is 1. The second-order valence-corrected chi connectivity index (χ2v) is 10.1. The summed E-state index contributed by atoms with van der Waals surface area (Å²) < 4.78 is 46.1. The summed E-state index contributed by atoms with van der Waals surface area (Å²) in [7, 11) is 0. The maximum atomic E-state index is 13.5. The number of thiophene rings is 1. The van der Waals surface area contributed by atoms with E-state index in [4.69, 9.17) is 15.9 Å². The SMILES string of the molecule is N=C(N)c1csc(CNC(=O)[C@@H]2C[C@@H](C(F)(F)F)CN2C(=O)CNC(=O)c2ccc(Oc3ccccc3)cc2)c1. The lowest BCUT2D eigenvalue weighted by atomic mass is 10.0. The van der Waals surface area contributed by atoms with Gasteiger partial charge < -0.3 is 26.0 Å². The molecule has 0 unspecified atom stereocenters. The molecule has 0 aliphatic carbocycles. The highest BCUT2D eigenvalue weighted by atomic mass is 32.1. The third-order valence-corrected chi connectivity index (χ3v) is 7.22. The number of nitrogens with two attached hydrogens (primary N) is 1. The number of rotatable bonds is 9. The Kier molecular flexibility index (Phi) is 8.73. The summed E-state index contributed by atoms with van der Waals surface area (Å²) in [5.74, 6) is -3.06. The van der Waals surface area contributed by atoms with Crippen LogP contribution in [-0.2, 0) is 16.1 Å². The monoisotopic (exact) mass is 573 g/mol. The lowest BCUT2D eigenvalue weighted by molar-refractivity contribution is -0.171. The van der Waals surface area contributed by atoms with E-state index >= 15 is 0 Å². The van der Waals surface area contributed by atoms with E-state index in [0.717, 1.165) is 4.90 Å². The van der Waals surface area contributed by atoms with Crippen molar-refractivity contribution < 1.29 is 32.3 Å². The molecule has 1 fully saturated rings. The predicted octanol–water partition coefficient (Wildman–Crippen LogP) is 3.65. The van der Waals surface area contributed by atoms with Crippen LogP contribution < -0.4 is 21.1 Å². The number of nitrogens with one attached hydrogen (secondary N) is 3. The fraction of sp³-hybridized carbons (Fsp3) is 0.259. The Morgan fingerprint density at radius 3 is 2.33 bits per heavy atom. The highest BCUT2D eigenvalue weighted by Gasteiger charge is 2.50. The molecule has 0 radical (unpaired) electrons. The number of carbonyl (C=O) groups is 3. The topological polar surface area (TPSA) is 138 Å². The van der Waals surface area contributed by atoms with Gasteiger partial charge in [0.15, 0.2) is 0 Å². The van der Waals surface area contributed by atoms with Crippen LogP contribution in [0.25, 0.3) is 0 Å². The molecule has 9 nitrogen and oxygen atoms in total. The normalized spacial score (nSPS) is 16.8. The maximum Gasteiger partial charge on any atom is 0.393 e.